The lowest BCUT2D eigenvalue weighted by Crippen LogP contribution is -2.25. The van der Waals surface area contributed by atoms with Crippen LogP contribution in [0.3, 0.4) is 0 Å². The first kappa shape index (κ1) is 12.6. The van der Waals surface area contributed by atoms with Gasteiger partial charge in [0.1, 0.15) is 0 Å². The molecule has 0 saturated heterocycles. The second kappa shape index (κ2) is 5.63. The van der Waals surface area contributed by atoms with Crippen molar-refractivity contribution in [2.24, 2.45) is 5.92 Å². The molecular formula is C14H19NOS. The Morgan fingerprint density at radius 1 is 1.24 bits per heavy atom. The maximum Gasteiger partial charge on any atom is 0.0928 e. The predicted molar refractivity (Wildman–Crippen MR) is 74.5 cm³/mol. The minimum absolute atomic E-state index is 0.420. The van der Waals surface area contributed by atoms with Crippen molar-refractivity contribution < 1.29 is 5.11 Å². The van der Waals surface area contributed by atoms with Crippen molar-refractivity contribution in [1.82, 2.24) is 5.32 Å². The summed E-state index contributed by atoms with van der Waals surface area (Å²) in [5, 5.41) is 16.8. The molecule has 1 unspecified atom stereocenters. The highest BCUT2D eigenvalue weighted by atomic mass is 32.1. The van der Waals surface area contributed by atoms with E-state index in [1.54, 1.807) is 11.3 Å². The van der Waals surface area contributed by atoms with E-state index in [1.165, 1.54) is 10.1 Å². The van der Waals surface area contributed by atoms with Crippen molar-refractivity contribution >= 4 is 21.4 Å². The molecule has 1 heterocycles. The van der Waals surface area contributed by atoms with Gasteiger partial charge >= 0.3 is 0 Å². The van der Waals surface area contributed by atoms with Gasteiger partial charge < -0.3 is 10.4 Å². The molecule has 0 aliphatic rings. The van der Waals surface area contributed by atoms with Crippen molar-refractivity contribution in [3.8, 4) is 0 Å². The minimum Gasteiger partial charge on any atom is -0.387 e. The number of hydrogen-bond acceptors (Lipinski definition) is 3. The molecule has 2 nitrogen and oxygen atoms in total. The van der Waals surface area contributed by atoms with Crippen molar-refractivity contribution in [2.75, 3.05) is 13.1 Å². The molecule has 0 aliphatic carbocycles. The van der Waals surface area contributed by atoms with E-state index in [9.17, 15) is 5.11 Å². The van der Waals surface area contributed by atoms with E-state index in [0.29, 0.717) is 12.5 Å². The number of nitrogens with one attached hydrogen (secondary N) is 1. The smallest absolute Gasteiger partial charge is 0.0928 e. The fourth-order valence-electron chi connectivity index (χ4n) is 1.90. The summed E-state index contributed by atoms with van der Waals surface area (Å²) in [6.45, 7) is 5.89. The molecule has 1 aromatic heterocycles. The molecule has 1 atom stereocenters. The lowest BCUT2D eigenvalue weighted by atomic mass is 10.1. The molecule has 2 N–H and O–H groups in total. The average molecular weight is 249 g/mol. The van der Waals surface area contributed by atoms with Gasteiger partial charge in [0.05, 0.1) is 6.10 Å². The predicted octanol–water partition coefficient (Wildman–Crippen LogP) is 3.18. The van der Waals surface area contributed by atoms with E-state index >= 15 is 0 Å². The van der Waals surface area contributed by atoms with Crippen LogP contribution in [0.25, 0.3) is 10.1 Å². The Bertz CT molecular complexity index is 478. The van der Waals surface area contributed by atoms with Crippen LogP contribution in [0, 0.1) is 5.92 Å². The molecule has 0 amide bonds. The second-order valence-electron chi connectivity index (χ2n) is 4.75. The van der Waals surface area contributed by atoms with Crippen LogP contribution >= 0.6 is 11.3 Å². The molecule has 17 heavy (non-hydrogen) atoms. The second-order valence-corrected chi connectivity index (χ2v) is 5.67. The largest absolute Gasteiger partial charge is 0.387 e. The van der Waals surface area contributed by atoms with Gasteiger partial charge in [-0.3, -0.25) is 0 Å². The fourth-order valence-corrected chi connectivity index (χ4v) is 2.86. The van der Waals surface area contributed by atoms with Crippen molar-refractivity contribution in [3.05, 3.63) is 35.2 Å². The summed E-state index contributed by atoms with van der Waals surface area (Å²) in [7, 11) is 0. The van der Waals surface area contributed by atoms with Crippen LogP contribution in [-0.4, -0.2) is 18.2 Å². The van der Waals surface area contributed by atoms with Gasteiger partial charge in [0, 0.05) is 11.2 Å². The van der Waals surface area contributed by atoms with E-state index in [-0.39, 0.29) is 0 Å². The summed E-state index contributed by atoms with van der Waals surface area (Å²) in [5.74, 6) is 0.611. The molecule has 0 fully saturated rings. The Kier molecular flexibility index (Phi) is 4.15. The van der Waals surface area contributed by atoms with Crippen molar-refractivity contribution in [1.29, 1.82) is 0 Å². The summed E-state index contributed by atoms with van der Waals surface area (Å²) in [4.78, 5) is 0. The Morgan fingerprint density at radius 2 is 2.06 bits per heavy atom. The molecule has 0 radical (unpaired) electrons. The number of aliphatic hydroxyl groups excluding tert-OH is 1. The molecule has 3 heteroatoms. The van der Waals surface area contributed by atoms with Crippen LogP contribution in [-0.2, 0) is 0 Å². The Morgan fingerprint density at radius 3 is 2.82 bits per heavy atom. The third-order valence-electron chi connectivity index (χ3n) is 2.76. The van der Waals surface area contributed by atoms with E-state index in [2.05, 4.69) is 36.7 Å². The molecule has 0 aliphatic heterocycles. The molecule has 0 bridgehead atoms. The Balaban J connectivity index is 2.08. The standard InChI is InChI=1S/C14H19NOS/c1-10(2)8-15-9-13(16)12-5-3-4-11-6-7-17-14(11)12/h3-7,10,13,15-16H,8-9H2,1-2H3. The minimum atomic E-state index is -0.420. The van der Waals surface area contributed by atoms with Gasteiger partial charge in [0.15, 0.2) is 0 Å². The van der Waals surface area contributed by atoms with E-state index in [0.717, 1.165) is 12.1 Å². The molecule has 1 aromatic carbocycles. The number of hydrogen-bond donors (Lipinski definition) is 2. The number of benzene rings is 1. The van der Waals surface area contributed by atoms with Gasteiger partial charge in [-0.05, 0) is 34.9 Å². The third kappa shape index (κ3) is 3.06. The average Bonchev–Trinajstić information content (AvgIpc) is 2.75. The van der Waals surface area contributed by atoms with E-state index in [1.807, 2.05) is 12.1 Å². The number of thiophene rings is 1. The SMILES string of the molecule is CC(C)CNCC(O)c1cccc2ccsc12. The lowest BCUT2D eigenvalue weighted by Gasteiger charge is -2.14. The summed E-state index contributed by atoms with van der Waals surface area (Å²) in [6, 6.07) is 8.21. The van der Waals surface area contributed by atoms with Crippen molar-refractivity contribution in [2.45, 2.75) is 20.0 Å². The van der Waals surface area contributed by atoms with E-state index in [4.69, 9.17) is 0 Å². The van der Waals surface area contributed by atoms with E-state index < -0.39 is 6.10 Å². The highest BCUT2D eigenvalue weighted by Gasteiger charge is 2.11. The van der Waals surface area contributed by atoms with Gasteiger partial charge in [-0.15, -0.1) is 11.3 Å². The lowest BCUT2D eigenvalue weighted by molar-refractivity contribution is 0.175. The normalized spacial score (nSPS) is 13.4. The molecule has 92 valence electrons. The summed E-state index contributed by atoms with van der Waals surface area (Å²) < 4.78 is 1.20. The van der Waals surface area contributed by atoms with Gasteiger partial charge in [0.25, 0.3) is 0 Å². The zero-order valence-electron chi connectivity index (χ0n) is 10.3. The van der Waals surface area contributed by atoms with Crippen LogP contribution in [0.2, 0.25) is 0 Å². The van der Waals surface area contributed by atoms with Crippen LogP contribution in [0.5, 0.6) is 0 Å². The van der Waals surface area contributed by atoms with Gasteiger partial charge in [0.2, 0.25) is 0 Å². The fraction of sp³-hybridized carbons (Fsp3) is 0.429. The highest BCUT2D eigenvalue weighted by Crippen LogP contribution is 2.28. The monoisotopic (exact) mass is 249 g/mol. The number of rotatable bonds is 5. The summed E-state index contributed by atoms with van der Waals surface area (Å²) in [6.07, 6.45) is -0.420. The Labute approximate surface area is 106 Å². The van der Waals surface area contributed by atoms with Crippen molar-refractivity contribution in [3.63, 3.8) is 0 Å². The molecular weight excluding hydrogens is 230 g/mol. The zero-order valence-corrected chi connectivity index (χ0v) is 11.1. The van der Waals surface area contributed by atoms with Gasteiger partial charge in [-0.1, -0.05) is 32.0 Å². The maximum absolute atomic E-state index is 10.2. The quantitative estimate of drug-likeness (QED) is 0.853. The molecule has 0 saturated carbocycles. The maximum atomic E-state index is 10.2. The summed E-state index contributed by atoms with van der Waals surface area (Å²) in [5.41, 5.74) is 1.04. The number of fused-ring (bicyclic) bond motifs is 1. The molecule has 0 spiro atoms. The first-order chi connectivity index (χ1) is 8.18. The van der Waals surface area contributed by atoms with Crippen LogP contribution in [0.1, 0.15) is 25.5 Å². The van der Waals surface area contributed by atoms with Gasteiger partial charge in [-0.25, -0.2) is 0 Å². The van der Waals surface area contributed by atoms with Crippen LogP contribution in [0.15, 0.2) is 29.6 Å². The summed E-state index contributed by atoms with van der Waals surface area (Å²) >= 11 is 1.69. The molecule has 2 aromatic rings. The first-order valence-electron chi connectivity index (χ1n) is 6.03. The number of aliphatic hydroxyl groups is 1. The Hall–Kier alpha value is -0.900. The topological polar surface area (TPSA) is 32.3 Å². The van der Waals surface area contributed by atoms with Crippen LogP contribution < -0.4 is 5.32 Å². The first-order valence-corrected chi connectivity index (χ1v) is 6.91. The third-order valence-corrected chi connectivity index (χ3v) is 3.74. The highest BCUT2D eigenvalue weighted by molar-refractivity contribution is 7.17. The van der Waals surface area contributed by atoms with Crippen LogP contribution in [0.4, 0.5) is 0 Å². The zero-order chi connectivity index (χ0) is 12.3. The van der Waals surface area contributed by atoms with Gasteiger partial charge in [-0.2, -0.15) is 0 Å². The molecule has 2 rings (SSSR count).